The second-order valence-electron chi connectivity index (χ2n) is 5.44. The van der Waals surface area contributed by atoms with Gasteiger partial charge in [0.1, 0.15) is 13.2 Å². The Morgan fingerprint density at radius 1 is 1.00 bits per heavy atom. The summed E-state index contributed by atoms with van der Waals surface area (Å²) in [5.74, 6) is -0.482. The zero-order valence-corrected chi connectivity index (χ0v) is 13.2. The van der Waals surface area contributed by atoms with Gasteiger partial charge in [-0.1, -0.05) is 67.6 Å². The van der Waals surface area contributed by atoms with Gasteiger partial charge in [0.2, 0.25) is 5.91 Å². The van der Waals surface area contributed by atoms with Crippen molar-refractivity contribution in [3.8, 4) is 0 Å². The van der Waals surface area contributed by atoms with E-state index in [4.69, 9.17) is 4.74 Å². The second-order valence-corrected chi connectivity index (χ2v) is 5.44. The Kier molecular flexibility index (Phi) is 6.36. The van der Waals surface area contributed by atoms with E-state index in [0.29, 0.717) is 6.42 Å². The maximum absolute atomic E-state index is 11.9. The average Bonchev–Trinajstić information content (AvgIpc) is 2.60. The topological polar surface area (TPSA) is 55.4 Å². The van der Waals surface area contributed by atoms with Gasteiger partial charge < -0.3 is 10.1 Å². The van der Waals surface area contributed by atoms with Crippen molar-refractivity contribution in [2.24, 2.45) is 0 Å². The van der Waals surface area contributed by atoms with Crippen LogP contribution >= 0.6 is 0 Å². The number of carbonyl (C=O) groups excluding carboxylic acids is 2. The fourth-order valence-electron chi connectivity index (χ4n) is 2.21. The molecule has 0 radical (unpaired) electrons. The molecule has 2 rings (SSSR count). The highest BCUT2D eigenvalue weighted by Crippen LogP contribution is 2.17. The Morgan fingerprint density at radius 3 is 2.26 bits per heavy atom. The summed E-state index contributed by atoms with van der Waals surface area (Å²) < 4.78 is 5.11. The van der Waals surface area contributed by atoms with Gasteiger partial charge in [-0.05, 0) is 17.0 Å². The third kappa shape index (κ3) is 5.94. The summed E-state index contributed by atoms with van der Waals surface area (Å²) >= 11 is 0. The summed E-state index contributed by atoms with van der Waals surface area (Å²) in [6.45, 7) is 2.10. The number of benzene rings is 2. The molecule has 0 aliphatic carbocycles. The van der Waals surface area contributed by atoms with E-state index in [0.717, 1.165) is 11.1 Å². The van der Waals surface area contributed by atoms with E-state index < -0.39 is 5.97 Å². The zero-order chi connectivity index (χ0) is 16.5. The van der Waals surface area contributed by atoms with Crippen LogP contribution in [0.1, 0.15) is 30.4 Å². The monoisotopic (exact) mass is 311 g/mol. The van der Waals surface area contributed by atoms with Crippen LogP contribution in [-0.4, -0.2) is 18.4 Å². The highest BCUT2D eigenvalue weighted by molar-refractivity contribution is 5.82. The van der Waals surface area contributed by atoms with E-state index in [9.17, 15) is 9.59 Å². The van der Waals surface area contributed by atoms with Crippen molar-refractivity contribution >= 4 is 11.9 Å². The van der Waals surface area contributed by atoms with Crippen LogP contribution in [0.4, 0.5) is 0 Å². The van der Waals surface area contributed by atoms with Gasteiger partial charge in [0.05, 0.1) is 0 Å². The first kappa shape index (κ1) is 16.7. The minimum atomic E-state index is -0.436. The van der Waals surface area contributed by atoms with Crippen molar-refractivity contribution in [2.45, 2.75) is 25.9 Å². The molecule has 0 saturated carbocycles. The lowest BCUT2D eigenvalue weighted by molar-refractivity contribution is -0.145. The molecule has 1 amide bonds. The third-order valence-corrected chi connectivity index (χ3v) is 3.53. The molecule has 0 saturated heterocycles. The molecule has 0 aromatic heterocycles. The average molecular weight is 311 g/mol. The largest absolute Gasteiger partial charge is 0.460 e. The van der Waals surface area contributed by atoms with Gasteiger partial charge in [-0.2, -0.15) is 0 Å². The first-order valence-electron chi connectivity index (χ1n) is 7.66. The first-order valence-corrected chi connectivity index (χ1v) is 7.66. The van der Waals surface area contributed by atoms with Crippen LogP contribution in [0, 0.1) is 0 Å². The van der Waals surface area contributed by atoms with E-state index in [1.807, 2.05) is 67.6 Å². The Morgan fingerprint density at radius 2 is 1.61 bits per heavy atom. The standard InChI is InChI=1S/C19H21NO3/c1-15(17-10-6-3-7-11-17)12-18(21)20-13-19(22)23-14-16-8-4-2-5-9-16/h2-11,15H,12-14H2,1H3,(H,20,21). The van der Waals surface area contributed by atoms with Crippen LogP contribution in [-0.2, 0) is 20.9 Å². The van der Waals surface area contributed by atoms with E-state index in [2.05, 4.69) is 5.32 Å². The lowest BCUT2D eigenvalue weighted by Crippen LogP contribution is -2.31. The molecule has 0 fully saturated rings. The maximum atomic E-state index is 11.9. The summed E-state index contributed by atoms with van der Waals surface area (Å²) in [5.41, 5.74) is 2.03. The Labute approximate surface area is 136 Å². The quantitative estimate of drug-likeness (QED) is 0.800. The SMILES string of the molecule is CC(CC(=O)NCC(=O)OCc1ccccc1)c1ccccc1. The van der Waals surface area contributed by atoms with Crippen molar-refractivity contribution in [1.29, 1.82) is 0 Å². The van der Waals surface area contributed by atoms with Gasteiger partial charge in [0, 0.05) is 6.42 Å². The van der Waals surface area contributed by atoms with Crippen LogP contribution in [0.3, 0.4) is 0 Å². The van der Waals surface area contributed by atoms with E-state index in [1.54, 1.807) is 0 Å². The van der Waals surface area contributed by atoms with Crippen molar-refractivity contribution in [1.82, 2.24) is 5.32 Å². The highest BCUT2D eigenvalue weighted by atomic mass is 16.5. The predicted octanol–water partition coefficient (Wildman–Crippen LogP) is 3.04. The molecule has 23 heavy (non-hydrogen) atoms. The molecule has 4 nitrogen and oxygen atoms in total. The third-order valence-electron chi connectivity index (χ3n) is 3.53. The van der Waals surface area contributed by atoms with Crippen molar-refractivity contribution in [3.05, 3.63) is 71.8 Å². The first-order chi connectivity index (χ1) is 11.1. The van der Waals surface area contributed by atoms with Crippen LogP contribution in [0.5, 0.6) is 0 Å². The van der Waals surface area contributed by atoms with Crippen molar-refractivity contribution in [2.75, 3.05) is 6.54 Å². The number of hydrogen-bond acceptors (Lipinski definition) is 3. The molecule has 0 heterocycles. The van der Waals surface area contributed by atoms with E-state index in [1.165, 1.54) is 0 Å². The normalized spacial score (nSPS) is 11.5. The number of carbonyl (C=O) groups is 2. The minimum absolute atomic E-state index is 0.104. The molecule has 1 unspecified atom stereocenters. The van der Waals surface area contributed by atoms with Crippen molar-refractivity contribution < 1.29 is 14.3 Å². The van der Waals surface area contributed by atoms with E-state index >= 15 is 0 Å². The van der Waals surface area contributed by atoms with E-state index in [-0.39, 0.29) is 25.0 Å². The molecule has 1 atom stereocenters. The molecule has 0 bridgehead atoms. The fourth-order valence-corrected chi connectivity index (χ4v) is 2.21. The molecule has 0 aliphatic rings. The fraction of sp³-hybridized carbons (Fsp3) is 0.263. The Bertz CT molecular complexity index is 626. The summed E-state index contributed by atoms with van der Waals surface area (Å²) in [5, 5.41) is 2.61. The van der Waals surface area contributed by atoms with Gasteiger partial charge in [0.25, 0.3) is 0 Å². The number of esters is 1. The van der Waals surface area contributed by atoms with Gasteiger partial charge in [-0.3, -0.25) is 9.59 Å². The number of ether oxygens (including phenoxy) is 1. The zero-order valence-electron chi connectivity index (χ0n) is 13.2. The summed E-state index contributed by atoms with van der Waals surface area (Å²) in [6.07, 6.45) is 0.343. The van der Waals surface area contributed by atoms with Gasteiger partial charge in [0.15, 0.2) is 0 Å². The molecule has 2 aromatic rings. The number of rotatable bonds is 7. The molecule has 2 aromatic carbocycles. The summed E-state index contributed by atoms with van der Waals surface area (Å²) in [6, 6.07) is 19.3. The molecule has 4 heteroatoms. The number of nitrogens with one attached hydrogen (secondary N) is 1. The smallest absolute Gasteiger partial charge is 0.325 e. The number of amides is 1. The highest BCUT2D eigenvalue weighted by Gasteiger charge is 2.12. The summed E-state index contributed by atoms with van der Waals surface area (Å²) in [7, 11) is 0. The van der Waals surface area contributed by atoms with Crippen LogP contribution < -0.4 is 5.32 Å². The summed E-state index contributed by atoms with van der Waals surface area (Å²) in [4.78, 5) is 23.5. The maximum Gasteiger partial charge on any atom is 0.325 e. The van der Waals surface area contributed by atoms with Crippen LogP contribution in [0.15, 0.2) is 60.7 Å². The predicted molar refractivity (Wildman–Crippen MR) is 88.7 cm³/mol. The minimum Gasteiger partial charge on any atom is -0.460 e. The van der Waals surface area contributed by atoms with Crippen molar-refractivity contribution in [3.63, 3.8) is 0 Å². The lowest BCUT2D eigenvalue weighted by Gasteiger charge is -2.12. The molecule has 0 aliphatic heterocycles. The molecule has 1 N–H and O–H groups in total. The van der Waals surface area contributed by atoms with Gasteiger partial charge >= 0.3 is 5.97 Å². The van der Waals surface area contributed by atoms with Gasteiger partial charge in [-0.25, -0.2) is 0 Å². The second kappa shape index (κ2) is 8.73. The molecular formula is C19H21NO3. The van der Waals surface area contributed by atoms with Crippen LogP contribution in [0.25, 0.3) is 0 Å². The Balaban J connectivity index is 1.68. The molecule has 120 valence electrons. The lowest BCUT2D eigenvalue weighted by atomic mass is 9.98. The van der Waals surface area contributed by atoms with Gasteiger partial charge in [-0.15, -0.1) is 0 Å². The van der Waals surface area contributed by atoms with Crippen LogP contribution in [0.2, 0.25) is 0 Å². The molecule has 0 spiro atoms. The molecular weight excluding hydrogens is 290 g/mol. The number of hydrogen-bond donors (Lipinski definition) is 1. The Hall–Kier alpha value is -2.62.